The van der Waals surface area contributed by atoms with E-state index in [1.165, 1.54) is 6.92 Å². The summed E-state index contributed by atoms with van der Waals surface area (Å²) < 4.78 is 10.6. The highest BCUT2D eigenvalue weighted by molar-refractivity contribution is 5.90. The summed E-state index contributed by atoms with van der Waals surface area (Å²) in [6.45, 7) is 4.51. The van der Waals surface area contributed by atoms with Crippen LogP contribution in [0.25, 0.3) is 0 Å². The Bertz CT molecular complexity index is 1070. The number of para-hydroxylation sites is 1. The van der Waals surface area contributed by atoms with Crippen LogP contribution in [0.5, 0.6) is 11.5 Å². The van der Waals surface area contributed by atoms with Crippen LogP contribution in [0, 0.1) is 0 Å². The fourth-order valence-corrected chi connectivity index (χ4v) is 4.37. The molecule has 1 fully saturated rings. The smallest absolute Gasteiger partial charge is 0.321 e. The van der Waals surface area contributed by atoms with Crippen molar-refractivity contribution in [1.29, 1.82) is 0 Å². The molecule has 0 saturated carbocycles. The van der Waals surface area contributed by atoms with Gasteiger partial charge in [0, 0.05) is 38.2 Å². The monoisotopic (exact) mass is 496 g/mol. The molecule has 0 aromatic heterocycles. The molecule has 9 nitrogen and oxygen atoms in total. The van der Waals surface area contributed by atoms with Gasteiger partial charge in [-0.3, -0.25) is 9.59 Å². The number of carbonyl (C=O) groups is 3. The van der Waals surface area contributed by atoms with Crippen molar-refractivity contribution < 1.29 is 23.9 Å². The molecule has 3 rings (SSSR count). The minimum absolute atomic E-state index is 0.0776. The molecule has 0 spiro atoms. The number of aryl methyl sites for hydroxylation is 1. The molecule has 2 aromatic carbocycles. The van der Waals surface area contributed by atoms with Crippen LogP contribution in [0.4, 0.5) is 10.5 Å². The number of carbonyl (C=O) groups excluding carboxylic acids is 3. The lowest BCUT2D eigenvalue weighted by Crippen LogP contribution is -2.53. The largest absolute Gasteiger partial charge is 0.493 e. The van der Waals surface area contributed by atoms with Crippen LogP contribution in [-0.4, -0.2) is 62.1 Å². The Balaban J connectivity index is 1.56. The van der Waals surface area contributed by atoms with Gasteiger partial charge in [0.1, 0.15) is 6.04 Å². The Kier molecular flexibility index (Phi) is 9.55. The third kappa shape index (κ3) is 7.13. The summed E-state index contributed by atoms with van der Waals surface area (Å²) in [4.78, 5) is 39.4. The van der Waals surface area contributed by atoms with Gasteiger partial charge in [0.25, 0.3) is 0 Å². The topological polar surface area (TPSA) is 109 Å². The Morgan fingerprint density at radius 2 is 1.72 bits per heavy atom. The molecule has 1 aliphatic heterocycles. The number of benzene rings is 2. The van der Waals surface area contributed by atoms with E-state index in [4.69, 9.17) is 9.47 Å². The Morgan fingerprint density at radius 3 is 2.36 bits per heavy atom. The second-order valence-corrected chi connectivity index (χ2v) is 8.86. The van der Waals surface area contributed by atoms with Gasteiger partial charge in [0.05, 0.1) is 14.2 Å². The van der Waals surface area contributed by atoms with Crippen molar-refractivity contribution in [2.24, 2.45) is 0 Å². The van der Waals surface area contributed by atoms with Gasteiger partial charge in [0.15, 0.2) is 11.5 Å². The van der Waals surface area contributed by atoms with Gasteiger partial charge in [-0.05, 0) is 48.6 Å². The number of likely N-dealkylation sites (tertiary alicyclic amines) is 1. The summed E-state index contributed by atoms with van der Waals surface area (Å²) >= 11 is 0. The average Bonchev–Trinajstić information content (AvgIpc) is 2.88. The van der Waals surface area contributed by atoms with Crippen LogP contribution >= 0.6 is 0 Å². The van der Waals surface area contributed by atoms with Crippen molar-refractivity contribution in [1.82, 2.24) is 15.5 Å². The lowest BCUT2D eigenvalue weighted by Gasteiger charge is -2.33. The Morgan fingerprint density at radius 1 is 1.03 bits per heavy atom. The van der Waals surface area contributed by atoms with Gasteiger partial charge in [0.2, 0.25) is 11.8 Å². The van der Waals surface area contributed by atoms with E-state index in [-0.39, 0.29) is 23.9 Å². The highest BCUT2D eigenvalue weighted by Crippen LogP contribution is 2.28. The maximum absolute atomic E-state index is 13.1. The number of hydrogen-bond acceptors (Lipinski definition) is 5. The maximum atomic E-state index is 13.1. The second-order valence-electron chi connectivity index (χ2n) is 8.86. The first-order valence-corrected chi connectivity index (χ1v) is 12.3. The van der Waals surface area contributed by atoms with E-state index in [0.29, 0.717) is 43.9 Å². The molecule has 1 atom stereocenters. The van der Waals surface area contributed by atoms with Crippen LogP contribution in [0.3, 0.4) is 0 Å². The number of hydrogen-bond donors (Lipinski definition) is 3. The van der Waals surface area contributed by atoms with Crippen molar-refractivity contribution in [2.75, 3.05) is 32.6 Å². The SMILES string of the molecule is CCc1ccccc1NC(=O)N1CCC(NC(=O)[C@H](Cc2ccc(OC)c(OC)c2)NC(C)=O)CC1. The summed E-state index contributed by atoms with van der Waals surface area (Å²) in [7, 11) is 3.11. The first kappa shape index (κ1) is 26.8. The van der Waals surface area contributed by atoms with Crippen LogP contribution < -0.4 is 25.4 Å². The van der Waals surface area contributed by atoms with Crippen molar-refractivity contribution in [3.63, 3.8) is 0 Å². The zero-order valence-corrected chi connectivity index (χ0v) is 21.4. The molecule has 36 heavy (non-hydrogen) atoms. The number of anilines is 1. The minimum atomic E-state index is -0.729. The van der Waals surface area contributed by atoms with Crippen molar-refractivity contribution >= 4 is 23.5 Å². The molecule has 0 aliphatic carbocycles. The van der Waals surface area contributed by atoms with Gasteiger partial charge >= 0.3 is 6.03 Å². The predicted octanol–water partition coefficient (Wildman–Crippen LogP) is 3.13. The number of rotatable bonds is 9. The number of piperidine rings is 1. The summed E-state index contributed by atoms with van der Waals surface area (Å²) in [5.41, 5.74) is 2.75. The van der Waals surface area contributed by atoms with E-state index in [1.54, 1.807) is 31.3 Å². The molecule has 1 heterocycles. The van der Waals surface area contributed by atoms with E-state index in [9.17, 15) is 14.4 Å². The number of methoxy groups -OCH3 is 2. The maximum Gasteiger partial charge on any atom is 0.321 e. The molecule has 0 unspecified atom stereocenters. The Labute approximate surface area is 212 Å². The average molecular weight is 497 g/mol. The first-order chi connectivity index (χ1) is 17.3. The lowest BCUT2D eigenvalue weighted by atomic mass is 10.0. The van der Waals surface area contributed by atoms with Crippen molar-refractivity contribution in [3.8, 4) is 11.5 Å². The third-order valence-electron chi connectivity index (χ3n) is 6.35. The van der Waals surface area contributed by atoms with Gasteiger partial charge in [-0.1, -0.05) is 31.2 Å². The van der Waals surface area contributed by atoms with E-state index in [2.05, 4.69) is 22.9 Å². The number of nitrogens with zero attached hydrogens (tertiary/aromatic N) is 1. The minimum Gasteiger partial charge on any atom is -0.493 e. The molecule has 9 heteroatoms. The molecule has 4 amide bonds. The number of ether oxygens (including phenoxy) is 2. The van der Waals surface area contributed by atoms with Gasteiger partial charge < -0.3 is 30.3 Å². The van der Waals surface area contributed by atoms with E-state index in [0.717, 1.165) is 23.2 Å². The fraction of sp³-hybridized carbons (Fsp3) is 0.444. The van der Waals surface area contributed by atoms with Crippen LogP contribution in [0.15, 0.2) is 42.5 Å². The van der Waals surface area contributed by atoms with Gasteiger partial charge in [-0.15, -0.1) is 0 Å². The van der Waals surface area contributed by atoms with Crippen LogP contribution in [0.1, 0.15) is 37.8 Å². The zero-order valence-electron chi connectivity index (χ0n) is 21.4. The molecule has 0 bridgehead atoms. The summed E-state index contributed by atoms with van der Waals surface area (Å²) in [5, 5.41) is 8.81. The zero-order chi connectivity index (χ0) is 26.1. The van der Waals surface area contributed by atoms with Crippen LogP contribution in [-0.2, 0) is 22.4 Å². The van der Waals surface area contributed by atoms with E-state index >= 15 is 0 Å². The standard InChI is InChI=1S/C27H36N4O5/c1-5-20-8-6-7-9-22(20)30-27(34)31-14-12-21(13-15-31)29-26(33)23(28-18(2)32)16-19-10-11-24(35-3)25(17-19)36-4/h6-11,17,21,23H,5,12-16H2,1-4H3,(H,28,32)(H,29,33)(H,30,34)/t23-/m0/s1. The Hall–Kier alpha value is -3.75. The summed E-state index contributed by atoms with van der Waals surface area (Å²) in [6, 6.07) is 12.3. The summed E-state index contributed by atoms with van der Waals surface area (Å²) in [6.07, 6.45) is 2.42. The highest BCUT2D eigenvalue weighted by atomic mass is 16.5. The van der Waals surface area contributed by atoms with Gasteiger partial charge in [-0.25, -0.2) is 4.79 Å². The predicted molar refractivity (Wildman–Crippen MR) is 138 cm³/mol. The highest BCUT2D eigenvalue weighted by Gasteiger charge is 2.27. The molecular weight excluding hydrogens is 460 g/mol. The number of nitrogens with one attached hydrogen (secondary N) is 3. The van der Waals surface area contributed by atoms with Gasteiger partial charge in [-0.2, -0.15) is 0 Å². The quantitative estimate of drug-likeness (QED) is 0.494. The number of amides is 4. The molecule has 1 saturated heterocycles. The van der Waals surface area contributed by atoms with E-state index < -0.39 is 6.04 Å². The first-order valence-electron chi connectivity index (χ1n) is 12.3. The second kappa shape index (κ2) is 12.8. The fourth-order valence-electron chi connectivity index (χ4n) is 4.37. The molecular formula is C27H36N4O5. The van der Waals surface area contributed by atoms with Crippen molar-refractivity contribution in [3.05, 3.63) is 53.6 Å². The normalized spacial score (nSPS) is 14.5. The molecule has 3 N–H and O–H groups in total. The molecule has 194 valence electrons. The molecule has 1 aliphatic rings. The third-order valence-corrected chi connectivity index (χ3v) is 6.35. The van der Waals surface area contributed by atoms with Crippen molar-refractivity contribution in [2.45, 2.75) is 51.6 Å². The van der Waals surface area contributed by atoms with Crippen LogP contribution in [0.2, 0.25) is 0 Å². The molecule has 2 aromatic rings. The lowest BCUT2D eigenvalue weighted by molar-refractivity contribution is -0.128. The number of urea groups is 1. The summed E-state index contributed by atoms with van der Waals surface area (Å²) in [5.74, 6) is 0.620. The van der Waals surface area contributed by atoms with E-state index in [1.807, 2.05) is 30.3 Å². The molecule has 0 radical (unpaired) electrons.